The van der Waals surface area contributed by atoms with Crippen LogP contribution in [0.3, 0.4) is 0 Å². The molecule has 0 aliphatic carbocycles. The van der Waals surface area contributed by atoms with Gasteiger partial charge in [0.2, 0.25) is 5.91 Å². The zero-order valence-electron chi connectivity index (χ0n) is 12.3. The van der Waals surface area contributed by atoms with Crippen LogP contribution in [0.1, 0.15) is 23.1 Å². The van der Waals surface area contributed by atoms with E-state index in [-0.39, 0.29) is 12.0 Å². The number of ether oxygens (including phenoxy) is 2. The third-order valence-electron chi connectivity index (χ3n) is 3.62. The molecule has 1 N–H and O–H groups in total. The first kappa shape index (κ1) is 15.0. The molecule has 0 aromatic heterocycles. The highest BCUT2D eigenvalue weighted by Gasteiger charge is 2.15. The Labute approximate surface area is 120 Å². The first-order chi connectivity index (χ1) is 9.65. The molecule has 4 nitrogen and oxygen atoms in total. The molecule has 1 atom stereocenters. The Morgan fingerprint density at radius 3 is 2.85 bits per heavy atom. The van der Waals surface area contributed by atoms with Crippen molar-refractivity contribution in [1.82, 2.24) is 5.32 Å². The van der Waals surface area contributed by atoms with Crippen molar-refractivity contribution < 1.29 is 14.3 Å². The van der Waals surface area contributed by atoms with Crippen LogP contribution in [-0.4, -0.2) is 38.4 Å². The molecule has 1 saturated heterocycles. The second-order valence-electron chi connectivity index (χ2n) is 5.29. The quantitative estimate of drug-likeness (QED) is 0.892. The van der Waals surface area contributed by atoms with Crippen LogP contribution in [0.15, 0.2) is 18.2 Å². The van der Waals surface area contributed by atoms with E-state index in [9.17, 15) is 4.79 Å². The van der Waals surface area contributed by atoms with Crippen LogP contribution in [0.2, 0.25) is 0 Å². The highest BCUT2D eigenvalue weighted by molar-refractivity contribution is 5.76. The normalized spacial score (nSPS) is 18.8. The number of carbonyl (C=O) groups is 1. The molecular formula is C16H23NO3. The summed E-state index contributed by atoms with van der Waals surface area (Å²) in [7, 11) is 0. The largest absolute Gasteiger partial charge is 0.376 e. The number of aryl methyl sites for hydroxylation is 3. The first-order valence-corrected chi connectivity index (χ1v) is 7.17. The van der Waals surface area contributed by atoms with E-state index in [2.05, 4.69) is 37.4 Å². The summed E-state index contributed by atoms with van der Waals surface area (Å²) in [5.74, 6) is 0.0670. The Balaban J connectivity index is 1.70. The molecule has 0 unspecified atom stereocenters. The molecule has 1 aliphatic heterocycles. The maximum absolute atomic E-state index is 11.8. The van der Waals surface area contributed by atoms with Gasteiger partial charge in [-0.1, -0.05) is 18.2 Å². The number of hydrogen-bond acceptors (Lipinski definition) is 3. The van der Waals surface area contributed by atoms with Crippen molar-refractivity contribution in [3.8, 4) is 0 Å². The average molecular weight is 277 g/mol. The number of amides is 1. The molecule has 2 rings (SSSR count). The van der Waals surface area contributed by atoms with Gasteiger partial charge in [0.1, 0.15) is 0 Å². The molecule has 110 valence electrons. The minimum atomic E-state index is -0.00526. The Morgan fingerprint density at radius 2 is 2.15 bits per heavy atom. The minimum Gasteiger partial charge on any atom is -0.376 e. The van der Waals surface area contributed by atoms with Crippen LogP contribution < -0.4 is 5.32 Å². The van der Waals surface area contributed by atoms with Crippen molar-refractivity contribution in [2.24, 2.45) is 0 Å². The fourth-order valence-corrected chi connectivity index (χ4v) is 2.19. The van der Waals surface area contributed by atoms with Gasteiger partial charge in [-0.05, 0) is 37.0 Å². The number of rotatable bonds is 5. The fraction of sp³-hybridized carbons (Fsp3) is 0.562. The topological polar surface area (TPSA) is 47.6 Å². The van der Waals surface area contributed by atoms with Gasteiger partial charge in [0.05, 0.1) is 25.9 Å². The lowest BCUT2D eigenvalue weighted by atomic mass is 10.0. The number of nitrogens with one attached hydrogen (secondary N) is 1. The lowest BCUT2D eigenvalue weighted by Gasteiger charge is -2.23. The van der Waals surface area contributed by atoms with Crippen molar-refractivity contribution in [2.75, 3.05) is 26.4 Å². The SMILES string of the molecule is Cc1ccc(CCC(=O)NC[C@@H]2COCCO2)cc1C. The van der Waals surface area contributed by atoms with Gasteiger partial charge in [-0.25, -0.2) is 0 Å². The maximum atomic E-state index is 11.8. The Hall–Kier alpha value is -1.39. The molecule has 0 spiro atoms. The van der Waals surface area contributed by atoms with Crippen molar-refractivity contribution in [2.45, 2.75) is 32.8 Å². The molecule has 1 amide bonds. The fourth-order valence-electron chi connectivity index (χ4n) is 2.19. The third-order valence-corrected chi connectivity index (χ3v) is 3.62. The van der Waals surface area contributed by atoms with Crippen molar-refractivity contribution in [3.63, 3.8) is 0 Å². The van der Waals surface area contributed by atoms with Gasteiger partial charge in [-0.15, -0.1) is 0 Å². The lowest BCUT2D eigenvalue weighted by Crippen LogP contribution is -2.39. The second kappa shape index (κ2) is 7.41. The molecule has 1 heterocycles. The summed E-state index contributed by atoms with van der Waals surface area (Å²) in [6.07, 6.45) is 1.28. The van der Waals surface area contributed by atoms with Gasteiger partial charge in [0.15, 0.2) is 0 Å². The standard InChI is InChI=1S/C16H23NO3/c1-12-3-4-14(9-13(12)2)5-6-16(18)17-10-15-11-19-7-8-20-15/h3-4,9,15H,5-8,10-11H2,1-2H3,(H,17,18)/t15-/m1/s1. The van der Waals surface area contributed by atoms with Crippen molar-refractivity contribution in [1.29, 1.82) is 0 Å². The second-order valence-corrected chi connectivity index (χ2v) is 5.29. The zero-order chi connectivity index (χ0) is 14.4. The van der Waals surface area contributed by atoms with Crippen LogP contribution >= 0.6 is 0 Å². The van der Waals surface area contributed by atoms with E-state index in [1.807, 2.05) is 0 Å². The van der Waals surface area contributed by atoms with E-state index in [0.717, 1.165) is 6.42 Å². The molecule has 1 aromatic carbocycles. The van der Waals surface area contributed by atoms with E-state index in [1.165, 1.54) is 16.7 Å². The summed E-state index contributed by atoms with van der Waals surface area (Å²) in [5, 5.41) is 2.90. The Kier molecular flexibility index (Phi) is 5.56. The van der Waals surface area contributed by atoms with Gasteiger partial charge in [-0.2, -0.15) is 0 Å². The molecule has 20 heavy (non-hydrogen) atoms. The van der Waals surface area contributed by atoms with E-state index in [0.29, 0.717) is 32.8 Å². The summed E-state index contributed by atoms with van der Waals surface area (Å²) in [6.45, 7) is 6.56. The van der Waals surface area contributed by atoms with Gasteiger partial charge >= 0.3 is 0 Å². The molecule has 1 aromatic rings. The minimum absolute atomic E-state index is 0.00526. The first-order valence-electron chi connectivity index (χ1n) is 7.17. The molecular weight excluding hydrogens is 254 g/mol. The molecule has 4 heteroatoms. The maximum Gasteiger partial charge on any atom is 0.220 e. The van der Waals surface area contributed by atoms with Gasteiger partial charge < -0.3 is 14.8 Å². The Bertz CT molecular complexity index is 453. The van der Waals surface area contributed by atoms with Gasteiger partial charge in [0, 0.05) is 13.0 Å². The predicted molar refractivity (Wildman–Crippen MR) is 77.8 cm³/mol. The van der Waals surface area contributed by atoms with Gasteiger partial charge in [0.25, 0.3) is 0 Å². The van der Waals surface area contributed by atoms with Crippen LogP contribution in [0.25, 0.3) is 0 Å². The van der Waals surface area contributed by atoms with Crippen LogP contribution in [-0.2, 0) is 20.7 Å². The monoisotopic (exact) mass is 277 g/mol. The highest BCUT2D eigenvalue weighted by Crippen LogP contribution is 2.11. The summed E-state index contributed by atoms with van der Waals surface area (Å²) in [6, 6.07) is 6.35. The number of benzene rings is 1. The third kappa shape index (κ3) is 4.62. The summed E-state index contributed by atoms with van der Waals surface area (Å²) in [4.78, 5) is 11.8. The summed E-state index contributed by atoms with van der Waals surface area (Å²) >= 11 is 0. The summed E-state index contributed by atoms with van der Waals surface area (Å²) in [5.41, 5.74) is 3.77. The van der Waals surface area contributed by atoms with Crippen molar-refractivity contribution >= 4 is 5.91 Å². The van der Waals surface area contributed by atoms with Crippen molar-refractivity contribution in [3.05, 3.63) is 34.9 Å². The number of carbonyl (C=O) groups excluding carboxylic acids is 1. The molecule has 0 bridgehead atoms. The zero-order valence-corrected chi connectivity index (χ0v) is 12.3. The van der Waals surface area contributed by atoms with Gasteiger partial charge in [-0.3, -0.25) is 4.79 Å². The van der Waals surface area contributed by atoms with Crippen LogP contribution in [0.5, 0.6) is 0 Å². The van der Waals surface area contributed by atoms with E-state index < -0.39 is 0 Å². The summed E-state index contributed by atoms with van der Waals surface area (Å²) < 4.78 is 10.8. The predicted octanol–water partition coefficient (Wildman–Crippen LogP) is 1.77. The van der Waals surface area contributed by atoms with E-state index in [4.69, 9.17) is 9.47 Å². The molecule has 1 fully saturated rings. The molecule has 0 saturated carbocycles. The highest BCUT2D eigenvalue weighted by atomic mass is 16.6. The lowest BCUT2D eigenvalue weighted by molar-refractivity contribution is -0.123. The smallest absolute Gasteiger partial charge is 0.220 e. The van der Waals surface area contributed by atoms with Crippen LogP contribution in [0.4, 0.5) is 0 Å². The van der Waals surface area contributed by atoms with Crippen LogP contribution in [0, 0.1) is 13.8 Å². The molecule has 0 radical (unpaired) electrons. The van der Waals surface area contributed by atoms with E-state index in [1.54, 1.807) is 0 Å². The Morgan fingerprint density at radius 1 is 1.30 bits per heavy atom. The van der Waals surface area contributed by atoms with E-state index >= 15 is 0 Å². The average Bonchev–Trinajstić information content (AvgIpc) is 2.47. The molecule has 1 aliphatic rings. The number of hydrogen-bond donors (Lipinski definition) is 1.